The molecule has 0 aliphatic carbocycles. The van der Waals surface area contributed by atoms with Crippen LogP contribution in [-0.4, -0.2) is 25.3 Å². The smallest absolute Gasteiger partial charge is 0.450 e. The lowest BCUT2D eigenvalue weighted by molar-refractivity contribution is -0.152. The molecule has 0 saturated heterocycles. The van der Waals surface area contributed by atoms with Gasteiger partial charge in [0.2, 0.25) is 11.2 Å². The molecule has 0 saturated carbocycles. The molecule has 0 N–H and O–H groups in total. The molecule has 9 heteroatoms. The lowest BCUT2D eigenvalue weighted by Gasteiger charge is -2.29. The molecule has 0 fully saturated rings. The summed E-state index contributed by atoms with van der Waals surface area (Å²) < 4.78 is 58.8. The Morgan fingerprint density at radius 1 is 1.06 bits per heavy atom. The van der Waals surface area contributed by atoms with E-state index in [1.165, 1.54) is 37.4 Å². The minimum Gasteiger partial charge on any atom is -0.497 e. The molecule has 5 rings (SSSR count). The number of alkyl halides is 3. The van der Waals surface area contributed by atoms with Crippen LogP contribution in [0.3, 0.4) is 0 Å². The quantitative estimate of drug-likeness (QED) is 0.302. The first kappa shape index (κ1) is 24.2. The van der Waals surface area contributed by atoms with Crippen LogP contribution in [0.5, 0.6) is 11.5 Å². The first-order valence-electron chi connectivity index (χ1n) is 11.2. The fourth-order valence-electron chi connectivity index (χ4n) is 4.35. The fraction of sp³-hybridized carbons (Fsp3) is 0.222. The second kappa shape index (κ2) is 9.52. The minimum atomic E-state index is -4.88. The highest BCUT2D eigenvalue weighted by molar-refractivity contribution is 6.31. The molecule has 0 radical (unpaired) electrons. The molecule has 0 spiro atoms. The largest absolute Gasteiger partial charge is 0.497 e. The maximum Gasteiger partial charge on any atom is 0.450 e. The molecule has 1 aliphatic heterocycles. The molecule has 4 aromatic rings. The van der Waals surface area contributed by atoms with Crippen molar-refractivity contribution in [3.05, 3.63) is 92.8 Å². The molecule has 1 aromatic heterocycles. The second-order valence-electron chi connectivity index (χ2n) is 8.45. The molecule has 186 valence electrons. The van der Waals surface area contributed by atoms with Crippen LogP contribution in [0.1, 0.15) is 16.9 Å². The van der Waals surface area contributed by atoms with Gasteiger partial charge in [-0.25, -0.2) is 0 Å². The van der Waals surface area contributed by atoms with E-state index < -0.39 is 22.9 Å². The van der Waals surface area contributed by atoms with Gasteiger partial charge in [0.1, 0.15) is 23.8 Å². The van der Waals surface area contributed by atoms with E-state index in [2.05, 4.69) is 0 Å². The van der Waals surface area contributed by atoms with Crippen molar-refractivity contribution in [1.82, 2.24) is 4.90 Å². The summed E-state index contributed by atoms with van der Waals surface area (Å²) in [4.78, 5) is 15.3. The van der Waals surface area contributed by atoms with Crippen LogP contribution >= 0.6 is 11.6 Å². The van der Waals surface area contributed by atoms with E-state index in [0.717, 1.165) is 5.56 Å². The van der Waals surface area contributed by atoms with Gasteiger partial charge in [0, 0.05) is 18.1 Å². The van der Waals surface area contributed by atoms with E-state index in [4.69, 9.17) is 25.5 Å². The number of hydrogen-bond acceptors (Lipinski definition) is 5. The van der Waals surface area contributed by atoms with Crippen LogP contribution in [0.25, 0.3) is 22.1 Å². The zero-order valence-electron chi connectivity index (χ0n) is 19.2. The highest BCUT2D eigenvalue weighted by Gasteiger charge is 2.40. The van der Waals surface area contributed by atoms with Crippen molar-refractivity contribution in [2.24, 2.45) is 0 Å². The van der Waals surface area contributed by atoms with Crippen molar-refractivity contribution in [2.45, 2.75) is 19.1 Å². The molecule has 0 amide bonds. The van der Waals surface area contributed by atoms with E-state index in [1.807, 2.05) is 23.1 Å². The number of benzene rings is 3. The van der Waals surface area contributed by atoms with Gasteiger partial charge in [0.15, 0.2) is 0 Å². The number of methoxy groups -OCH3 is 1. The predicted molar refractivity (Wildman–Crippen MR) is 131 cm³/mol. The molecule has 0 unspecified atom stereocenters. The first-order chi connectivity index (χ1) is 17.3. The van der Waals surface area contributed by atoms with Gasteiger partial charge in [-0.2, -0.15) is 13.2 Å². The number of hydrogen-bond donors (Lipinski definition) is 0. The van der Waals surface area contributed by atoms with Crippen LogP contribution < -0.4 is 14.9 Å². The zero-order chi connectivity index (χ0) is 25.4. The molecule has 36 heavy (non-hydrogen) atoms. The van der Waals surface area contributed by atoms with Gasteiger partial charge in [-0.05, 0) is 47.9 Å². The molecule has 3 aromatic carbocycles. The number of fused-ring (bicyclic) bond motifs is 3. The monoisotopic (exact) mass is 515 g/mol. The Bertz CT molecular complexity index is 1480. The van der Waals surface area contributed by atoms with Gasteiger partial charge >= 0.3 is 6.18 Å². The zero-order valence-corrected chi connectivity index (χ0v) is 19.9. The normalized spacial score (nSPS) is 13.9. The topological polar surface area (TPSA) is 51.9 Å². The molecular formula is C27H21ClF3NO4. The Morgan fingerprint density at radius 2 is 1.81 bits per heavy atom. The van der Waals surface area contributed by atoms with Gasteiger partial charge < -0.3 is 13.9 Å². The maximum atomic E-state index is 14.1. The Balaban J connectivity index is 1.57. The summed E-state index contributed by atoms with van der Waals surface area (Å²) in [5, 5.41) is 0.706. The molecule has 0 atom stereocenters. The van der Waals surface area contributed by atoms with Crippen molar-refractivity contribution in [2.75, 3.05) is 20.4 Å². The van der Waals surface area contributed by atoms with Crippen molar-refractivity contribution in [1.29, 1.82) is 0 Å². The summed E-state index contributed by atoms with van der Waals surface area (Å²) in [6.07, 6.45) is -4.26. The van der Waals surface area contributed by atoms with Crippen LogP contribution in [0.15, 0.2) is 69.9 Å². The molecule has 2 heterocycles. The van der Waals surface area contributed by atoms with Gasteiger partial charge in [0.05, 0.1) is 23.6 Å². The lowest BCUT2D eigenvalue weighted by Crippen LogP contribution is -2.34. The van der Waals surface area contributed by atoms with Crippen LogP contribution in [-0.2, 0) is 19.1 Å². The Morgan fingerprint density at radius 3 is 2.50 bits per heavy atom. The molecule has 1 aliphatic rings. The Hall–Kier alpha value is -3.49. The highest BCUT2D eigenvalue weighted by atomic mass is 35.5. The van der Waals surface area contributed by atoms with Gasteiger partial charge in [-0.3, -0.25) is 9.69 Å². The number of rotatable bonds is 5. The van der Waals surface area contributed by atoms with Crippen LogP contribution in [0.4, 0.5) is 13.2 Å². The standard InChI is InChI=1S/C27H21ClF3NO4/c1-34-18-8-6-17(7-9-18)23-24(33)19-10-11-22-20(25(19)36-26(23)27(29,30)31)14-32(15-35-22)13-12-16-4-2-3-5-21(16)28/h2-11H,12-15H2,1H3. The molecule has 5 nitrogen and oxygen atoms in total. The van der Waals surface area contributed by atoms with Crippen molar-refractivity contribution in [3.8, 4) is 22.6 Å². The predicted octanol–water partition coefficient (Wildman–Crippen LogP) is 6.54. The summed E-state index contributed by atoms with van der Waals surface area (Å²) in [6, 6.07) is 16.3. The Labute approximate surface area is 209 Å². The summed E-state index contributed by atoms with van der Waals surface area (Å²) in [5.41, 5.74) is 0.0352. The summed E-state index contributed by atoms with van der Waals surface area (Å²) in [5.74, 6) is -0.489. The van der Waals surface area contributed by atoms with Gasteiger partial charge in [-0.1, -0.05) is 41.9 Å². The lowest BCUT2D eigenvalue weighted by atomic mass is 9.99. The number of ether oxygens (including phenoxy) is 2. The van der Waals surface area contributed by atoms with Gasteiger partial charge in [0.25, 0.3) is 0 Å². The van der Waals surface area contributed by atoms with E-state index in [0.29, 0.717) is 35.1 Å². The average Bonchev–Trinajstić information content (AvgIpc) is 2.87. The SMILES string of the molecule is COc1ccc(-c2c(C(F)(F)F)oc3c4c(ccc3c2=O)OCN(CCc2ccccc2Cl)C4)cc1. The van der Waals surface area contributed by atoms with Crippen LogP contribution in [0.2, 0.25) is 5.02 Å². The fourth-order valence-corrected chi connectivity index (χ4v) is 4.58. The summed E-state index contributed by atoms with van der Waals surface area (Å²) in [6.45, 7) is 1.07. The first-order valence-corrected chi connectivity index (χ1v) is 11.6. The van der Waals surface area contributed by atoms with E-state index in [1.54, 1.807) is 12.1 Å². The van der Waals surface area contributed by atoms with Gasteiger partial charge in [-0.15, -0.1) is 0 Å². The van der Waals surface area contributed by atoms with E-state index in [9.17, 15) is 18.0 Å². The highest BCUT2D eigenvalue weighted by Crippen LogP contribution is 2.40. The van der Waals surface area contributed by atoms with Crippen molar-refractivity contribution >= 4 is 22.6 Å². The third kappa shape index (κ3) is 4.54. The van der Waals surface area contributed by atoms with Crippen molar-refractivity contribution < 1.29 is 27.1 Å². The van der Waals surface area contributed by atoms with Crippen LogP contribution in [0, 0.1) is 0 Å². The second-order valence-corrected chi connectivity index (χ2v) is 8.86. The summed E-state index contributed by atoms with van der Waals surface area (Å²) >= 11 is 6.25. The van der Waals surface area contributed by atoms with Crippen molar-refractivity contribution in [3.63, 3.8) is 0 Å². The van der Waals surface area contributed by atoms with E-state index in [-0.39, 0.29) is 29.8 Å². The third-order valence-corrected chi connectivity index (χ3v) is 6.56. The number of halogens is 4. The maximum absolute atomic E-state index is 14.1. The molecule has 0 bridgehead atoms. The van der Waals surface area contributed by atoms with E-state index >= 15 is 0 Å². The molecular weight excluding hydrogens is 495 g/mol. The average molecular weight is 516 g/mol. The third-order valence-electron chi connectivity index (χ3n) is 6.20. The minimum absolute atomic E-state index is 0.0594. The number of nitrogens with zero attached hydrogens (tertiary/aromatic N) is 1. The Kier molecular flexibility index (Phi) is 6.40. The summed E-state index contributed by atoms with van der Waals surface area (Å²) in [7, 11) is 1.45.